The van der Waals surface area contributed by atoms with Crippen molar-refractivity contribution in [2.75, 3.05) is 5.32 Å². The third-order valence-corrected chi connectivity index (χ3v) is 3.93. The molecule has 0 amide bonds. The van der Waals surface area contributed by atoms with Crippen molar-refractivity contribution in [3.8, 4) is 0 Å². The topological polar surface area (TPSA) is 42.7 Å². The zero-order chi connectivity index (χ0) is 13.0. The number of aromatic nitrogens is 3. The fraction of sp³-hybridized carbons (Fsp3) is 0.333. The van der Waals surface area contributed by atoms with E-state index in [0.29, 0.717) is 6.54 Å². The van der Waals surface area contributed by atoms with E-state index in [9.17, 15) is 0 Å². The fourth-order valence-electron chi connectivity index (χ4n) is 1.63. The first-order valence-corrected chi connectivity index (χ1v) is 7.63. The number of aryl methyl sites for hydroxylation is 1. The van der Waals surface area contributed by atoms with Crippen LogP contribution >= 0.6 is 38.5 Å². The first-order chi connectivity index (χ1) is 8.70. The number of nitrogens with zero attached hydrogens (tertiary/aromatic N) is 3. The van der Waals surface area contributed by atoms with E-state index < -0.39 is 0 Å². The SMILES string of the molecule is CCCn1ncnc1CNc1cc(Br)ccc1I. The summed E-state index contributed by atoms with van der Waals surface area (Å²) in [5.74, 6) is 0.965. The lowest BCUT2D eigenvalue weighted by atomic mass is 10.3. The van der Waals surface area contributed by atoms with Crippen LogP contribution in [0.15, 0.2) is 29.0 Å². The highest BCUT2D eigenvalue weighted by molar-refractivity contribution is 14.1. The molecule has 2 aromatic rings. The predicted molar refractivity (Wildman–Crippen MR) is 84.5 cm³/mol. The van der Waals surface area contributed by atoms with E-state index in [1.165, 1.54) is 3.57 Å². The van der Waals surface area contributed by atoms with Crippen LogP contribution in [0.3, 0.4) is 0 Å². The first-order valence-electron chi connectivity index (χ1n) is 5.76. The van der Waals surface area contributed by atoms with E-state index in [0.717, 1.165) is 29.0 Å². The van der Waals surface area contributed by atoms with Crippen LogP contribution in [0.2, 0.25) is 0 Å². The predicted octanol–water partition coefficient (Wildman–Crippen LogP) is 3.67. The number of nitrogens with one attached hydrogen (secondary N) is 1. The highest BCUT2D eigenvalue weighted by Gasteiger charge is 2.05. The van der Waals surface area contributed by atoms with Crippen LogP contribution < -0.4 is 5.32 Å². The third-order valence-electron chi connectivity index (χ3n) is 2.50. The van der Waals surface area contributed by atoms with Crippen LogP contribution in [0.4, 0.5) is 5.69 Å². The maximum Gasteiger partial charge on any atom is 0.146 e. The van der Waals surface area contributed by atoms with Crippen molar-refractivity contribution in [3.05, 3.63) is 38.4 Å². The lowest BCUT2D eigenvalue weighted by Crippen LogP contribution is -2.10. The van der Waals surface area contributed by atoms with E-state index in [2.05, 4.69) is 73.0 Å². The van der Waals surface area contributed by atoms with Gasteiger partial charge in [-0.3, -0.25) is 0 Å². The zero-order valence-corrected chi connectivity index (χ0v) is 13.8. The second-order valence-corrected chi connectivity index (χ2v) is 5.95. The Kier molecular flexibility index (Phi) is 4.99. The lowest BCUT2D eigenvalue weighted by Gasteiger charge is -2.09. The van der Waals surface area contributed by atoms with E-state index in [4.69, 9.17) is 0 Å². The van der Waals surface area contributed by atoms with Gasteiger partial charge in [-0.1, -0.05) is 22.9 Å². The third kappa shape index (κ3) is 3.44. The van der Waals surface area contributed by atoms with Crippen molar-refractivity contribution in [2.45, 2.75) is 26.4 Å². The van der Waals surface area contributed by atoms with Crippen LogP contribution in [0, 0.1) is 3.57 Å². The molecule has 1 aromatic heterocycles. The smallest absolute Gasteiger partial charge is 0.146 e. The van der Waals surface area contributed by atoms with E-state index in [-0.39, 0.29) is 0 Å². The highest BCUT2D eigenvalue weighted by atomic mass is 127. The Hall–Kier alpha value is -0.630. The second-order valence-electron chi connectivity index (χ2n) is 3.88. The molecule has 0 aliphatic carbocycles. The summed E-state index contributed by atoms with van der Waals surface area (Å²) in [4.78, 5) is 4.28. The van der Waals surface area contributed by atoms with E-state index in [1.807, 2.05) is 10.7 Å². The van der Waals surface area contributed by atoms with Gasteiger partial charge in [-0.25, -0.2) is 9.67 Å². The maximum absolute atomic E-state index is 4.28. The Morgan fingerprint density at radius 3 is 3.06 bits per heavy atom. The number of halogens is 2. The van der Waals surface area contributed by atoms with Crippen molar-refractivity contribution in [1.82, 2.24) is 14.8 Å². The van der Waals surface area contributed by atoms with Crippen molar-refractivity contribution in [1.29, 1.82) is 0 Å². The Bertz CT molecular complexity index is 527. The van der Waals surface area contributed by atoms with Crippen molar-refractivity contribution >= 4 is 44.2 Å². The Morgan fingerprint density at radius 2 is 2.28 bits per heavy atom. The summed E-state index contributed by atoms with van der Waals surface area (Å²) in [5.41, 5.74) is 1.11. The summed E-state index contributed by atoms with van der Waals surface area (Å²) < 4.78 is 4.20. The molecule has 0 saturated carbocycles. The zero-order valence-electron chi connectivity index (χ0n) is 10.0. The van der Waals surface area contributed by atoms with Gasteiger partial charge in [-0.2, -0.15) is 5.10 Å². The maximum atomic E-state index is 4.28. The monoisotopic (exact) mass is 420 g/mol. The molecule has 0 bridgehead atoms. The minimum absolute atomic E-state index is 0.687. The van der Waals surface area contributed by atoms with Gasteiger partial charge in [0.25, 0.3) is 0 Å². The summed E-state index contributed by atoms with van der Waals surface area (Å²) in [7, 11) is 0. The molecule has 18 heavy (non-hydrogen) atoms. The standard InChI is InChI=1S/C12H14BrIN4/c1-2-5-18-12(16-8-17-18)7-15-11-6-9(13)3-4-10(11)14/h3-4,6,8,15H,2,5,7H2,1H3. The molecule has 1 heterocycles. The number of benzene rings is 1. The Morgan fingerprint density at radius 1 is 1.44 bits per heavy atom. The van der Waals surface area contributed by atoms with Crippen LogP contribution in [0.25, 0.3) is 0 Å². The summed E-state index contributed by atoms with van der Waals surface area (Å²) in [6, 6.07) is 6.18. The fourth-order valence-corrected chi connectivity index (χ4v) is 2.52. The van der Waals surface area contributed by atoms with Gasteiger partial charge in [0.05, 0.1) is 6.54 Å². The average molecular weight is 421 g/mol. The van der Waals surface area contributed by atoms with Gasteiger partial charge >= 0.3 is 0 Å². The number of hydrogen-bond acceptors (Lipinski definition) is 3. The molecule has 0 spiro atoms. The molecule has 1 N–H and O–H groups in total. The molecule has 4 nitrogen and oxygen atoms in total. The molecule has 0 aliphatic rings. The van der Waals surface area contributed by atoms with Gasteiger partial charge in [-0.15, -0.1) is 0 Å². The van der Waals surface area contributed by atoms with Crippen molar-refractivity contribution < 1.29 is 0 Å². The van der Waals surface area contributed by atoms with Gasteiger partial charge < -0.3 is 5.32 Å². The number of hydrogen-bond donors (Lipinski definition) is 1. The van der Waals surface area contributed by atoms with Gasteiger partial charge in [0.2, 0.25) is 0 Å². The van der Waals surface area contributed by atoms with E-state index in [1.54, 1.807) is 6.33 Å². The summed E-state index contributed by atoms with van der Waals surface area (Å²) >= 11 is 5.80. The number of rotatable bonds is 5. The molecular weight excluding hydrogens is 407 g/mol. The van der Waals surface area contributed by atoms with Crippen molar-refractivity contribution in [2.24, 2.45) is 0 Å². The molecule has 1 aromatic carbocycles. The van der Waals surface area contributed by atoms with Crippen LogP contribution in [0.1, 0.15) is 19.2 Å². The molecule has 0 saturated heterocycles. The summed E-state index contributed by atoms with van der Waals surface area (Å²) in [5, 5.41) is 7.61. The molecule has 6 heteroatoms. The van der Waals surface area contributed by atoms with Gasteiger partial charge in [0.15, 0.2) is 0 Å². The lowest BCUT2D eigenvalue weighted by molar-refractivity contribution is 0.574. The Labute approximate surface area is 128 Å². The minimum Gasteiger partial charge on any atom is -0.377 e. The molecule has 2 rings (SSSR count). The average Bonchev–Trinajstić information content (AvgIpc) is 2.78. The quantitative estimate of drug-likeness (QED) is 0.750. The molecule has 96 valence electrons. The highest BCUT2D eigenvalue weighted by Crippen LogP contribution is 2.23. The molecule has 0 atom stereocenters. The van der Waals surface area contributed by atoms with Gasteiger partial charge in [0, 0.05) is 20.3 Å². The van der Waals surface area contributed by atoms with Gasteiger partial charge in [0.1, 0.15) is 12.2 Å². The molecule has 0 unspecified atom stereocenters. The van der Waals surface area contributed by atoms with Crippen LogP contribution in [0.5, 0.6) is 0 Å². The molecule has 0 radical (unpaired) electrons. The van der Waals surface area contributed by atoms with Crippen LogP contribution in [-0.4, -0.2) is 14.8 Å². The number of anilines is 1. The molecule has 0 fully saturated rings. The largest absolute Gasteiger partial charge is 0.377 e. The minimum atomic E-state index is 0.687. The molecular formula is C12H14BrIN4. The van der Waals surface area contributed by atoms with Gasteiger partial charge in [-0.05, 0) is 47.2 Å². The second kappa shape index (κ2) is 6.51. The molecule has 0 aliphatic heterocycles. The first kappa shape index (κ1) is 13.8. The summed E-state index contributed by atoms with van der Waals surface area (Å²) in [6.07, 6.45) is 2.67. The summed E-state index contributed by atoms with van der Waals surface area (Å²) in [6.45, 7) is 3.73. The normalized spacial score (nSPS) is 10.6. The van der Waals surface area contributed by atoms with Crippen LogP contribution in [-0.2, 0) is 13.1 Å². The van der Waals surface area contributed by atoms with E-state index >= 15 is 0 Å². The Balaban J connectivity index is 2.06. The van der Waals surface area contributed by atoms with Crippen molar-refractivity contribution in [3.63, 3.8) is 0 Å².